The highest BCUT2D eigenvalue weighted by Crippen LogP contribution is 2.49. The first kappa shape index (κ1) is 16.0. The molecule has 1 N–H and O–H groups in total. The first-order valence-corrected chi connectivity index (χ1v) is 8.65. The van der Waals surface area contributed by atoms with Crippen LogP contribution in [0.25, 0.3) is 22.3 Å². The van der Waals surface area contributed by atoms with Gasteiger partial charge in [0.2, 0.25) is 0 Å². The van der Waals surface area contributed by atoms with Crippen LogP contribution in [0.2, 0.25) is 0 Å². The largest absolute Gasteiger partial charge is 0.478 e. The van der Waals surface area contributed by atoms with Gasteiger partial charge in [-0.25, -0.2) is 4.79 Å². The maximum atomic E-state index is 11.4. The molecule has 0 unspecified atom stereocenters. The van der Waals surface area contributed by atoms with E-state index in [9.17, 15) is 9.90 Å². The van der Waals surface area contributed by atoms with E-state index in [1.54, 1.807) is 12.1 Å². The molecular weight excluding hydrogens is 328 g/mol. The first-order chi connectivity index (χ1) is 11.9. The number of hydrogen-bond donors (Lipinski definition) is 2. The predicted molar refractivity (Wildman–Crippen MR) is 104 cm³/mol. The lowest BCUT2D eigenvalue weighted by Crippen LogP contribution is -2.14. The van der Waals surface area contributed by atoms with Crippen molar-refractivity contribution < 1.29 is 9.90 Å². The van der Waals surface area contributed by atoms with E-state index in [1.165, 1.54) is 22.3 Å². The number of rotatable bonds is 2. The van der Waals surface area contributed by atoms with E-state index >= 15 is 0 Å². The van der Waals surface area contributed by atoms with Crippen molar-refractivity contribution in [1.29, 1.82) is 0 Å². The molecule has 0 amide bonds. The van der Waals surface area contributed by atoms with E-state index in [1.807, 2.05) is 6.07 Å². The van der Waals surface area contributed by atoms with Gasteiger partial charge in [0, 0.05) is 10.3 Å². The average molecular weight is 346 g/mol. The smallest absolute Gasteiger partial charge is 0.336 e. The highest BCUT2D eigenvalue weighted by atomic mass is 32.1. The van der Waals surface area contributed by atoms with Crippen molar-refractivity contribution >= 4 is 18.6 Å². The summed E-state index contributed by atoms with van der Waals surface area (Å²) in [7, 11) is 0. The van der Waals surface area contributed by atoms with Crippen molar-refractivity contribution in [3.05, 3.63) is 77.4 Å². The van der Waals surface area contributed by atoms with E-state index in [4.69, 9.17) is 0 Å². The number of benzene rings is 3. The van der Waals surface area contributed by atoms with Gasteiger partial charge in [-0.1, -0.05) is 56.3 Å². The molecule has 124 valence electrons. The summed E-state index contributed by atoms with van der Waals surface area (Å²) >= 11 is 4.24. The Morgan fingerprint density at radius 3 is 2.28 bits per heavy atom. The Hall–Kier alpha value is -2.52. The van der Waals surface area contributed by atoms with Gasteiger partial charge >= 0.3 is 5.97 Å². The number of aromatic carboxylic acids is 1. The van der Waals surface area contributed by atoms with Crippen LogP contribution in [0, 0.1) is 0 Å². The first-order valence-electron chi connectivity index (χ1n) is 8.20. The summed E-state index contributed by atoms with van der Waals surface area (Å²) in [5, 5.41) is 9.34. The van der Waals surface area contributed by atoms with Gasteiger partial charge in [-0.05, 0) is 51.6 Å². The zero-order chi connectivity index (χ0) is 17.8. The molecule has 1 aliphatic carbocycles. The normalized spacial score (nSPS) is 14.0. The minimum Gasteiger partial charge on any atom is -0.478 e. The van der Waals surface area contributed by atoms with Crippen LogP contribution in [0.5, 0.6) is 0 Å². The summed E-state index contributed by atoms with van der Waals surface area (Å²) in [5.74, 6) is -0.958. The van der Waals surface area contributed by atoms with Gasteiger partial charge in [-0.2, -0.15) is 0 Å². The quantitative estimate of drug-likeness (QED) is 0.589. The Bertz CT molecular complexity index is 1020. The summed E-state index contributed by atoms with van der Waals surface area (Å²) in [4.78, 5) is 11.9. The number of carboxylic acids is 1. The Morgan fingerprint density at radius 1 is 0.880 bits per heavy atom. The van der Waals surface area contributed by atoms with Crippen LogP contribution in [-0.4, -0.2) is 11.1 Å². The summed E-state index contributed by atoms with van der Waals surface area (Å²) in [5.41, 5.74) is 7.22. The third kappa shape index (κ3) is 2.38. The number of hydrogen-bond acceptors (Lipinski definition) is 2. The fraction of sp³-hybridized carbons (Fsp3) is 0.136. The average Bonchev–Trinajstić information content (AvgIpc) is 2.83. The standard InChI is InChI=1S/C22H18O2S/c1-22(2)18-6-4-3-5-15(18)16-9-7-14(12-19(16)22)13-8-10-20(25)17(11-13)21(23)24/h3-12,25H,1-2H3,(H,23,24). The molecule has 25 heavy (non-hydrogen) atoms. The summed E-state index contributed by atoms with van der Waals surface area (Å²) in [6, 6.07) is 20.3. The van der Waals surface area contributed by atoms with Gasteiger partial charge in [0.25, 0.3) is 0 Å². The molecule has 3 aromatic carbocycles. The monoisotopic (exact) mass is 346 g/mol. The van der Waals surface area contributed by atoms with Crippen LogP contribution in [0.1, 0.15) is 35.3 Å². The van der Waals surface area contributed by atoms with Crippen molar-refractivity contribution in [3.8, 4) is 22.3 Å². The number of carbonyl (C=O) groups is 1. The van der Waals surface area contributed by atoms with Gasteiger partial charge in [0.1, 0.15) is 0 Å². The van der Waals surface area contributed by atoms with Crippen molar-refractivity contribution in [2.24, 2.45) is 0 Å². The van der Waals surface area contributed by atoms with Crippen LogP contribution >= 0.6 is 12.6 Å². The van der Waals surface area contributed by atoms with E-state index in [2.05, 4.69) is 68.9 Å². The summed E-state index contributed by atoms with van der Waals surface area (Å²) in [6.45, 7) is 4.47. The molecule has 4 rings (SSSR count). The lowest BCUT2D eigenvalue weighted by atomic mass is 9.81. The third-order valence-corrected chi connectivity index (χ3v) is 5.53. The number of thiol groups is 1. The van der Waals surface area contributed by atoms with Crippen molar-refractivity contribution in [1.82, 2.24) is 0 Å². The van der Waals surface area contributed by atoms with Crippen molar-refractivity contribution in [2.45, 2.75) is 24.2 Å². The van der Waals surface area contributed by atoms with E-state index in [0.29, 0.717) is 4.90 Å². The number of carboxylic acid groups (broad SMARTS) is 1. The molecule has 0 bridgehead atoms. The van der Waals surface area contributed by atoms with Gasteiger partial charge in [0.05, 0.1) is 5.56 Å². The van der Waals surface area contributed by atoms with Crippen LogP contribution in [-0.2, 0) is 5.41 Å². The van der Waals surface area contributed by atoms with E-state index < -0.39 is 5.97 Å². The molecule has 2 nitrogen and oxygen atoms in total. The van der Waals surface area contributed by atoms with Gasteiger partial charge < -0.3 is 5.11 Å². The van der Waals surface area contributed by atoms with Crippen LogP contribution in [0.4, 0.5) is 0 Å². The minimum atomic E-state index is -0.958. The van der Waals surface area contributed by atoms with Gasteiger partial charge in [0.15, 0.2) is 0 Å². The van der Waals surface area contributed by atoms with Crippen LogP contribution in [0.15, 0.2) is 65.6 Å². The molecule has 0 aromatic heterocycles. The molecule has 3 aromatic rings. The second-order valence-electron chi connectivity index (χ2n) is 6.97. The van der Waals surface area contributed by atoms with E-state index in [0.717, 1.165) is 11.1 Å². The molecule has 0 aliphatic heterocycles. The lowest BCUT2D eigenvalue weighted by molar-refractivity contribution is 0.0693. The Morgan fingerprint density at radius 2 is 1.52 bits per heavy atom. The van der Waals surface area contributed by atoms with Gasteiger partial charge in [-0.3, -0.25) is 0 Å². The lowest BCUT2D eigenvalue weighted by Gasteiger charge is -2.22. The van der Waals surface area contributed by atoms with E-state index in [-0.39, 0.29) is 11.0 Å². The van der Waals surface area contributed by atoms with Crippen LogP contribution < -0.4 is 0 Å². The maximum Gasteiger partial charge on any atom is 0.336 e. The second kappa shape index (κ2) is 5.50. The molecule has 0 spiro atoms. The highest BCUT2D eigenvalue weighted by molar-refractivity contribution is 7.80. The Labute approximate surface area is 152 Å². The summed E-state index contributed by atoms with van der Waals surface area (Å²) in [6.07, 6.45) is 0. The fourth-order valence-electron chi connectivity index (χ4n) is 3.77. The summed E-state index contributed by atoms with van der Waals surface area (Å²) < 4.78 is 0. The molecule has 0 saturated heterocycles. The Kier molecular flexibility index (Phi) is 3.51. The number of fused-ring (bicyclic) bond motifs is 3. The maximum absolute atomic E-state index is 11.4. The topological polar surface area (TPSA) is 37.3 Å². The zero-order valence-electron chi connectivity index (χ0n) is 14.1. The second-order valence-corrected chi connectivity index (χ2v) is 7.45. The SMILES string of the molecule is CC1(C)c2ccccc2-c2ccc(-c3ccc(S)c(C(=O)O)c3)cc21. The molecule has 0 saturated carbocycles. The Balaban J connectivity index is 1.88. The van der Waals surface area contributed by atoms with Gasteiger partial charge in [-0.15, -0.1) is 12.6 Å². The molecule has 0 atom stereocenters. The minimum absolute atomic E-state index is 0.0684. The predicted octanol–water partition coefficient (Wildman–Crippen LogP) is 5.65. The molecule has 1 aliphatic rings. The fourth-order valence-corrected chi connectivity index (χ4v) is 4.01. The highest BCUT2D eigenvalue weighted by Gasteiger charge is 2.35. The molecular formula is C22H18O2S. The molecule has 0 radical (unpaired) electrons. The zero-order valence-corrected chi connectivity index (χ0v) is 15.0. The van der Waals surface area contributed by atoms with Crippen molar-refractivity contribution in [2.75, 3.05) is 0 Å². The molecule has 3 heteroatoms. The third-order valence-electron chi connectivity index (χ3n) is 5.14. The van der Waals surface area contributed by atoms with Crippen molar-refractivity contribution in [3.63, 3.8) is 0 Å². The van der Waals surface area contributed by atoms with Crippen LogP contribution in [0.3, 0.4) is 0 Å². The molecule has 0 fully saturated rings. The molecule has 0 heterocycles.